The molecule has 2 aliphatic heterocycles. The zero-order valence-corrected chi connectivity index (χ0v) is 17.1. The van der Waals surface area contributed by atoms with E-state index in [9.17, 15) is 13.6 Å². The molecule has 1 amide bonds. The maximum Gasteiger partial charge on any atom is 0.254 e. The highest BCUT2D eigenvalue weighted by Crippen LogP contribution is 2.49. The van der Waals surface area contributed by atoms with Gasteiger partial charge in [0.2, 0.25) is 0 Å². The van der Waals surface area contributed by atoms with E-state index < -0.39 is 11.6 Å². The first-order chi connectivity index (χ1) is 13.8. The summed E-state index contributed by atoms with van der Waals surface area (Å²) in [7, 11) is 1.92. The summed E-state index contributed by atoms with van der Waals surface area (Å²) >= 11 is 0. The van der Waals surface area contributed by atoms with Crippen molar-refractivity contribution >= 4 is 5.91 Å². The number of halogens is 2. The number of piperidine rings is 1. The summed E-state index contributed by atoms with van der Waals surface area (Å²) in [5.74, 6) is -1.27. The van der Waals surface area contributed by atoms with Gasteiger partial charge in [0.1, 0.15) is 12.2 Å². The Labute approximate surface area is 169 Å². The first-order valence-corrected chi connectivity index (χ1v) is 10.1. The first kappa shape index (κ1) is 19.9. The lowest BCUT2D eigenvalue weighted by Crippen LogP contribution is -2.46. The molecule has 2 aliphatic rings. The van der Waals surface area contributed by atoms with Gasteiger partial charge in [-0.2, -0.15) is 0 Å². The van der Waals surface area contributed by atoms with Gasteiger partial charge in [-0.15, -0.1) is 10.2 Å². The molecule has 1 aromatic carbocycles. The van der Waals surface area contributed by atoms with E-state index in [1.807, 2.05) is 11.6 Å². The number of benzene rings is 1. The number of aromatic nitrogens is 3. The van der Waals surface area contributed by atoms with E-state index in [-0.39, 0.29) is 22.8 Å². The average Bonchev–Trinajstić information content (AvgIpc) is 3.27. The molecule has 156 valence electrons. The van der Waals surface area contributed by atoms with Crippen LogP contribution in [0.2, 0.25) is 0 Å². The van der Waals surface area contributed by atoms with E-state index in [2.05, 4.69) is 28.9 Å². The summed E-state index contributed by atoms with van der Waals surface area (Å²) in [5.41, 5.74) is 0.0951. The van der Waals surface area contributed by atoms with Crippen molar-refractivity contribution in [1.29, 1.82) is 0 Å². The lowest BCUT2D eigenvalue weighted by Gasteiger charge is -2.43. The van der Waals surface area contributed by atoms with Crippen LogP contribution in [0.4, 0.5) is 8.78 Å². The Morgan fingerprint density at radius 2 is 1.93 bits per heavy atom. The van der Waals surface area contributed by atoms with Gasteiger partial charge in [0.05, 0.1) is 0 Å². The molecule has 8 heteroatoms. The van der Waals surface area contributed by atoms with Crippen LogP contribution < -0.4 is 0 Å². The molecular formula is C21H27F2N5O. The molecule has 0 bridgehead atoms. The molecule has 2 fully saturated rings. The molecule has 29 heavy (non-hydrogen) atoms. The second-order valence-electron chi connectivity index (χ2n) is 8.66. The van der Waals surface area contributed by atoms with Gasteiger partial charge in [-0.05, 0) is 58.0 Å². The highest BCUT2D eigenvalue weighted by atomic mass is 19.2. The smallest absolute Gasteiger partial charge is 0.254 e. The zero-order valence-electron chi connectivity index (χ0n) is 17.1. The first-order valence-electron chi connectivity index (χ1n) is 10.1. The van der Waals surface area contributed by atoms with Gasteiger partial charge in [-0.3, -0.25) is 4.79 Å². The molecule has 4 rings (SSSR count). The van der Waals surface area contributed by atoms with Gasteiger partial charge in [0, 0.05) is 43.1 Å². The van der Waals surface area contributed by atoms with Crippen LogP contribution in [0.3, 0.4) is 0 Å². The minimum Gasteiger partial charge on any atom is -0.337 e. The fourth-order valence-electron chi connectivity index (χ4n) is 4.89. The molecule has 0 N–H and O–H groups in total. The Morgan fingerprint density at radius 1 is 1.21 bits per heavy atom. The molecule has 2 aromatic rings. The predicted octanol–water partition coefficient (Wildman–Crippen LogP) is 2.82. The van der Waals surface area contributed by atoms with Gasteiger partial charge < -0.3 is 14.4 Å². The molecule has 2 saturated heterocycles. The van der Waals surface area contributed by atoms with Crippen molar-refractivity contribution in [2.24, 2.45) is 12.5 Å². The van der Waals surface area contributed by atoms with E-state index in [0.717, 1.165) is 43.9 Å². The maximum absolute atomic E-state index is 13.7. The number of likely N-dealkylation sites (tertiary alicyclic amines) is 2. The molecular weight excluding hydrogens is 376 g/mol. The molecule has 0 aliphatic carbocycles. The van der Waals surface area contributed by atoms with Crippen LogP contribution in [0, 0.1) is 17.0 Å². The quantitative estimate of drug-likeness (QED) is 0.791. The van der Waals surface area contributed by atoms with E-state index in [0.29, 0.717) is 19.1 Å². The van der Waals surface area contributed by atoms with Crippen molar-refractivity contribution in [2.45, 2.75) is 38.6 Å². The Hall–Kier alpha value is -2.35. The van der Waals surface area contributed by atoms with Crippen molar-refractivity contribution in [1.82, 2.24) is 24.6 Å². The van der Waals surface area contributed by atoms with Crippen LogP contribution in [0.25, 0.3) is 0 Å². The van der Waals surface area contributed by atoms with Gasteiger partial charge in [0.15, 0.2) is 11.6 Å². The third-order valence-corrected chi connectivity index (χ3v) is 6.68. The molecule has 1 atom stereocenters. The highest BCUT2D eigenvalue weighted by Gasteiger charge is 2.51. The van der Waals surface area contributed by atoms with Gasteiger partial charge in [0.25, 0.3) is 5.91 Å². The molecule has 1 unspecified atom stereocenters. The average molecular weight is 403 g/mol. The van der Waals surface area contributed by atoms with Crippen molar-refractivity contribution in [2.75, 3.05) is 26.2 Å². The second kappa shape index (κ2) is 7.48. The Balaban J connectivity index is 1.62. The molecule has 3 heterocycles. The van der Waals surface area contributed by atoms with Crippen molar-refractivity contribution in [3.05, 3.63) is 47.5 Å². The van der Waals surface area contributed by atoms with Crippen LogP contribution in [0.1, 0.15) is 48.8 Å². The normalized spacial score (nSPS) is 22.0. The van der Waals surface area contributed by atoms with E-state index in [1.54, 1.807) is 11.2 Å². The molecule has 1 spiro atoms. The van der Waals surface area contributed by atoms with Crippen molar-refractivity contribution in [3.8, 4) is 0 Å². The largest absolute Gasteiger partial charge is 0.337 e. The van der Waals surface area contributed by atoms with Gasteiger partial charge >= 0.3 is 0 Å². The van der Waals surface area contributed by atoms with E-state index in [1.165, 1.54) is 6.07 Å². The van der Waals surface area contributed by atoms with E-state index in [4.69, 9.17) is 0 Å². The SMILES string of the molecule is CC(C)N1CCC2(CC1)CN(C(=O)c1ccc(F)c(F)c1)CC2c1nncn1C. The summed E-state index contributed by atoms with van der Waals surface area (Å²) in [5, 5.41) is 8.39. The van der Waals surface area contributed by atoms with Crippen LogP contribution in [0.15, 0.2) is 24.5 Å². The van der Waals surface area contributed by atoms with Crippen LogP contribution >= 0.6 is 0 Å². The fourth-order valence-corrected chi connectivity index (χ4v) is 4.89. The molecule has 0 saturated carbocycles. The number of hydrogen-bond donors (Lipinski definition) is 0. The standard InChI is InChI=1S/C21H27F2N5O/c1-14(2)27-8-6-21(7-9-27)12-28(11-16(21)19-25-24-13-26(19)3)20(29)15-4-5-17(22)18(23)10-15/h4-5,10,13-14,16H,6-9,11-12H2,1-3H3. The van der Waals surface area contributed by atoms with Crippen LogP contribution in [0.5, 0.6) is 0 Å². The van der Waals surface area contributed by atoms with Crippen molar-refractivity contribution in [3.63, 3.8) is 0 Å². The summed E-state index contributed by atoms with van der Waals surface area (Å²) < 4.78 is 28.9. The molecule has 1 aromatic heterocycles. The number of carbonyl (C=O) groups is 1. The van der Waals surface area contributed by atoms with Gasteiger partial charge in [-0.1, -0.05) is 0 Å². The number of hydrogen-bond acceptors (Lipinski definition) is 4. The zero-order chi connectivity index (χ0) is 20.8. The van der Waals surface area contributed by atoms with Gasteiger partial charge in [-0.25, -0.2) is 8.78 Å². The number of aryl methyl sites for hydroxylation is 1. The third-order valence-electron chi connectivity index (χ3n) is 6.68. The topological polar surface area (TPSA) is 54.3 Å². The number of carbonyl (C=O) groups excluding carboxylic acids is 1. The van der Waals surface area contributed by atoms with E-state index >= 15 is 0 Å². The number of amides is 1. The summed E-state index contributed by atoms with van der Waals surface area (Å²) in [4.78, 5) is 17.3. The summed E-state index contributed by atoms with van der Waals surface area (Å²) in [6.45, 7) is 7.44. The highest BCUT2D eigenvalue weighted by molar-refractivity contribution is 5.94. The minimum absolute atomic E-state index is 0.0681. The lowest BCUT2D eigenvalue weighted by molar-refractivity contribution is 0.0645. The third kappa shape index (κ3) is 3.54. The maximum atomic E-state index is 13.7. The Kier molecular flexibility index (Phi) is 5.14. The minimum atomic E-state index is -1.00. The molecule has 0 radical (unpaired) electrons. The Bertz CT molecular complexity index is 904. The van der Waals surface area contributed by atoms with Crippen LogP contribution in [-0.4, -0.2) is 62.7 Å². The Morgan fingerprint density at radius 3 is 2.52 bits per heavy atom. The number of rotatable bonds is 3. The molecule has 6 nitrogen and oxygen atoms in total. The second-order valence-corrected chi connectivity index (χ2v) is 8.66. The summed E-state index contributed by atoms with van der Waals surface area (Å²) in [6.07, 6.45) is 3.61. The summed E-state index contributed by atoms with van der Waals surface area (Å²) in [6, 6.07) is 3.84. The predicted molar refractivity (Wildman–Crippen MR) is 104 cm³/mol. The fraction of sp³-hybridized carbons (Fsp3) is 0.571. The number of nitrogens with zero attached hydrogens (tertiary/aromatic N) is 5. The lowest BCUT2D eigenvalue weighted by atomic mass is 9.70. The van der Waals surface area contributed by atoms with Crippen molar-refractivity contribution < 1.29 is 13.6 Å². The van der Waals surface area contributed by atoms with Crippen LogP contribution in [-0.2, 0) is 7.05 Å². The monoisotopic (exact) mass is 403 g/mol.